The van der Waals surface area contributed by atoms with Crippen molar-refractivity contribution in [2.45, 2.75) is 45.1 Å². The van der Waals surface area contributed by atoms with Crippen molar-refractivity contribution in [3.05, 3.63) is 59.1 Å². The zero-order chi connectivity index (χ0) is 23.3. The molecule has 0 spiro atoms. The standard InChI is InChI=1S/C25H28ClNO5/c1-4-31-23(29)16(3)14-25(27-22(28)24(30)32-5-2)15-21(25)18-11-9-17(10-12-18)19-7-6-8-20(26)13-19/h6-13,16,21H,4-5,14-15H2,1-3H3,(H,27,28)/t16?,21-,25?/m0/s1. The van der Waals surface area contributed by atoms with Crippen LogP contribution >= 0.6 is 11.6 Å². The first-order chi connectivity index (χ1) is 15.3. The number of esters is 2. The second kappa shape index (κ2) is 10.2. The maximum atomic E-state index is 12.4. The molecule has 1 aliphatic carbocycles. The number of hydrogen-bond acceptors (Lipinski definition) is 5. The maximum Gasteiger partial charge on any atom is 0.396 e. The fraction of sp³-hybridized carbons (Fsp3) is 0.400. The van der Waals surface area contributed by atoms with Gasteiger partial charge < -0.3 is 14.8 Å². The van der Waals surface area contributed by atoms with Crippen molar-refractivity contribution in [1.82, 2.24) is 5.32 Å². The summed E-state index contributed by atoms with van der Waals surface area (Å²) in [6, 6.07) is 15.6. The van der Waals surface area contributed by atoms with Crippen molar-refractivity contribution >= 4 is 29.4 Å². The van der Waals surface area contributed by atoms with E-state index in [-0.39, 0.29) is 18.5 Å². The van der Waals surface area contributed by atoms with Gasteiger partial charge in [0, 0.05) is 16.5 Å². The Morgan fingerprint density at radius 3 is 2.38 bits per heavy atom. The van der Waals surface area contributed by atoms with E-state index in [9.17, 15) is 14.4 Å². The van der Waals surface area contributed by atoms with Gasteiger partial charge in [-0.25, -0.2) is 4.79 Å². The lowest BCUT2D eigenvalue weighted by Gasteiger charge is -2.22. The second-order valence-electron chi connectivity index (χ2n) is 8.08. The summed E-state index contributed by atoms with van der Waals surface area (Å²) < 4.78 is 9.96. The number of benzene rings is 2. The number of carbonyl (C=O) groups excluding carboxylic acids is 3. The number of carbonyl (C=O) groups is 3. The molecular weight excluding hydrogens is 430 g/mol. The van der Waals surface area contributed by atoms with Gasteiger partial charge in [-0.1, -0.05) is 54.9 Å². The van der Waals surface area contributed by atoms with Crippen molar-refractivity contribution in [1.29, 1.82) is 0 Å². The van der Waals surface area contributed by atoms with E-state index in [0.717, 1.165) is 16.7 Å². The third-order valence-electron chi connectivity index (χ3n) is 5.73. The molecule has 1 amide bonds. The Morgan fingerprint density at radius 2 is 1.75 bits per heavy atom. The molecule has 0 bridgehead atoms. The molecule has 3 rings (SSSR count). The Morgan fingerprint density at radius 1 is 1.06 bits per heavy atom. The summed E-state index contributed by atoms with van der Waals surface area (Å²) >= 11 is 6.10. The van der Waals surface area contributed by atoms with Gasteiger partial charge in [-0.3, -0.25) is 9.59 Å². The van der Waals surface area contributed by atoms with Crippen LogP contribution in [0, 0.1) is 5.92 Å². The molecule has 1 aliphatic rings. The Labute approximate surface area is 193 Å². The molecule has 7 heteroatoms. The van der Waals surface area contributed by atoms with Crippen LogP contribution in [0.4, 0.5) is 0 Å². The first-order valence-electron chi connectivity index (χ1n) is 10.8. The van der Waals surface area contributed by atoms with Crippen molar-refractivity contribution in [3.8, 4) is 11.1 Å². The van der Waals surface area contributed by atoms with Gasteiger partial charge in [0.2, 0.25) is 0 Å². The van der Waals surface area contributed by atoms with Crippen LogP contribution in [-0.4, -0.2) is 36.6 Å². The summed E-state index contributed by atoms with van der Waals surface area (Å²) in [6.07, 6.45) is 0.996. The molecule has 0 aliphatic heterocycles. The summed E-state index contributed by atoms with van der Waals surface area (Å²) in [5.41, 5.74) is 2.36. The molecule has 0 heterocycles. The van der Waals surface area contributed by atoms with E-state index in [0.29, 0.717) is 24.5 Å². The lowest BCUT2D eigenvalue weighted by Crippen LogP contribution is -2.44. The molecule has 2 unspecified atom stereocenters. The van der Waals surface area contributed by atoms with E-state index in [1.54, 1.807) is 20.8 Å². The van der Waals surface area contributed by atoms with Crippen LogP contribution in [0.3, 0.4) is 0 Å². The monoisotopic (exact) mass is 457 g/mol. The topological polar surface area (TPSA) is 81.7 Å². The number of ether oxygens (including phenoxy) is 2. The minimum atomic E-state index is -0.919. The van der Waals surface area contributed by atoms with Crippen LogP contribution in [0.15, 0.2) is 48.5 Å². The molecule has 2 aromatic carbocycles. The van der Waals surface area contributed by atoms with Crippen LogP contribution in [0.25, 0.3) is 11.1 Å². The van der Waals surface area contributed by atoms with Gasteiger partial charge in [0.1, 0.15) is 0 Å². The van der Waals surface area contributed by atoms with Crippen LogP contribution in [0.1, 0.15) is 45.1 Å². The second-order valence-corrected chi connectivity index (χ2v) is 8.51. The Hall–Kier alpha value is -2.86. The first-order valence-corrected chi connectivity index (χ1v) is 11.2. The fourth-order valence-corrected chi connectivity index (χ4v) is 4.31. The third kappa shape index (κ3) is 5.49. The lowest BCUT2D eigenvalue weighted by atomic mass is 9.94. The summed E-state index contributed by atoms with van der Waals surface area (Å²) in [5, 5.41) is 3.51. The van der Waals surface area contributed by atoms with E-state index in [1.807, 2.05) is 48.5 Å². The van der Waals surface area contributed by atoms with Gasteiger partial charge >= 0.3 is 17.8 Å². The zero-order valence-electron chi connectivity index (χ0n) is 18.5. The average Bonchev–Trinajstić information content (AvgIpc) is 3.47. The van der Waals surface area contributed by atoms with E-state index < -0.39 is 23.3 Å². The predicted molar refractivity (Wildman–Crippen MR) is 122 cm³/mol. The highest BCUT2D eigenvalue weighted by atomic mass is 35.5. The third-order valence-corrected chi connectivity index (χ3v) is 5.96. The van der Waals surface area contributed by atoms with Gasteiger partial charge in [-0.2, -0.15) is 0 Å². The highest BCUT2D eigenvalue weighted by molar-refractivity contribution is 6.32. The van der Waals surface area contributed by atoms with Crippen molar-refractivity contribution in [2.24, 2.45) is 5.92 Å². The number of nitrogens with one attached hydrogen (secondary N) is 1. The molecular formula is C25H28ClNO5. The quantitative estimate of drug-likeness (QED) is 0.466. The molecule has 0 radical (unpaired) electrons. The molecule has 0 aromatic heterocycles. The van der Waals surface area contributed by atoms with Crippen molar-refractivity contribution < 1.29 is 23.9 Å². The minimum absolute atomic E-state index is 0.0221. The van der Waals surface area contributed by atoms with Gasteiger partial charge in [0.15, 0.2) is 0 Å². The van der Waals surface area contributed by atoms with Crippen LogP contribution < -0.4 is 5.32 Å². The smallest absolute Gasteiger partial charge is 0.396 e. The normalized spacial score (nSPS) is 20.2. The summed E-state index contributed by atoms with van der Waals surface area (Å²) in [7, 11) is 0. The summed E-state index contributed by atoms with van der Waals surface area (Å²) in [6.45, 7) is 5.58. The molecule has 32 heavy (non-hydrogen) atoms. The molecule has 1 N–H and O–H groups in total. The Bertz CT molecular complexity index is 990. The SMILES string of the molecule is CCOC(=O)C(=O)NC1(CC(C)C(=O)OCC)C[C@H]1c1ccc(-c2cccc(Cl)c2)cc1. The molecule has 1 saturated carbocycles. The lowest BCUT2D eigenvalue weighted by molar-refractivity contribution is -0.155. The van der Waals surface area contributed by atoms with Crippen LogP contribution in [0.5, 0.6) is 0 Å². The molecule has 2 aromatic rings. The predicted octanol–water partition coefficient (Wildman–Crippen LogP) is 4.50. The molecule has 3 atom stereocenters. The van der Waals surface area contributed by atoms with E-state index in [1.165, 1.54) is 0 Å². The number of hydrogen-bond donors (Lipinski definition) is 1. The van der Waals surface area contributed by atoms with Gasteiger partial charge in [-0.05, 0) is 55.5 Å². The highest BCUT2D eigenvalue weighted by Crippen LogP contribution is 2.55. The maximum absolute atomic E-state index is 12.4. The zero-order valence-corrected chi connectivity index (χ0v) is 19.3. The molecule has 170 valence electrons. The number of halogens is 1. The van der Waals surface area contributed by atoms with Crippen LogP contribution in [0.2, 0.25) is 5.02 Å². The average molecular weight is 458 g/mol. The van der Waals surface area contributed by atoms with Gasteiger partial charge in [0.25, 0.3) is 0 Å². The first kappa shape index (κ1) is 23.8. The van der Waals surface area contributed by atoms with Gasteiger partial charge in [0.05, 0.1) is 19.1 Å². The summed E-state index contributed by atoms with van der Waals surface area (Å²) in [5.74, 6) is -2.47. The molecule has 6 nitrogen and oxygen atoms in total. The minimum Gasteiger partial charge on any atom is -0.466 e. The van der Waals surface area contributed by atoms with Gasteiger partial charge in [-0.15, -0.1) is 0 Å². The fourth-order valence-electron chi connectivity index (χ4n) is 4.12. The number of amides is 1. The van der Waals surface area contributed by atoms with E-state index in [2.05, 4.69) is 5.32 Å². The van der Waals surface area contributed by atoms with E-state index >= 15 is 0 Å². The van der Waals surface area contributed by atoms with E-state index in [4.69, 9.17) is 21.1 Å². The summed E-state index contributed by atoms with van der Waals surface area (Å²) in [4.78, 5) is 36.5. The molecule has 1 fully saturated rings. The Balaban J connectivity index is 1.80. The van der Waals surface area contributed by atoms with Crippen molar-refractivity contribution in [2.75, 3.05) is 13.2 Å². The molecule has 0 saturated heterocycles. The highest BCUT2D eigenvalue weighted by Gasteiger charge is 2.57. The Kier molecular flexibility index (Phi) is 7.56. The largest absolute Gasteiger partial charge is 0.466 e. The number of rotatable bonds is 8. The van der Waals surface area contributed by atoms with Crippen LogP contribution in [-0.2, 0) is 23.9 Å². The van der Waals surface area contributed by atoms with Crippen molar-refractivity contribution in [3.63, 3.8) is 0 Å².